The van der Waals surface area contributed by atoms with Gasteiger partial charge in [-0.25, -0.2) is 0 Å². The minimum Gasteiger partial charge on any atom is -0.497 e. The third-order valence-corrected chi connectivity index (χ3v) is 2.99. The van der Waals surface area contributed by atoms with Gasteiger partial charge in [-0.3, -0.25) is 4.98 Å². The van der Waals surface area contributed by atoms with E-state index >= 15 is 0 Å². The van der Waals surface area contributed by atoms with E-state index < -0.39 is 5.60 Å². The first kappa shape index (κ1) is 12.6. The molecule has 0 saturated carbocycles. The molecule has 94 valence electrons. The second-order valence-corrected chi connectivity index (χ2v) is 4.54. The molecule has 0 aliphatic rings. The van der Waals surface area contributed by atoms with Crippen molar-refractivity contribution in [2.24, 2.45) is 0 Å². The monoisotopic (exact) mass is 243 g/mol. The van der Waals surface area contributed by atoms with E-state index in [0.717, 1.165) is 16.9 Å². The minimum atomic E-state index is -0.914. The Hall–Kier alpha value is -1.87. The van der Waals surface area contributed by atoms with Gasteiger partial charge in [0.15, 0.2) is 0 Å². The summed E-state index contributed by atoms with van der Waals surface area (Å²) in [5.41, 5.74) is 0.966. The summed E-state index contributed by atoms with van der Waals surface area (Å²) in [6.07, 6.45) is 3.94. The highest BCUT2D eigenvalue weighted by Gasteiger charge is 2.23. The van der Waals surface area contributed by atoms with E-state index in [9.17, 15) is 5.11 Å². The topological polar surface area (TPSA) is 42.4 Å². The van der Waals surface area contributed by atoms with E-state index in [4.69, 9.17) is 4.74 Å². The number of hydrogen-bond acceptors (Lipinski definition) is 3. The average molecular weight is 243 g/mol. The summed E-state index contributed by atoms with van der Waals surface area (Å²) in [4.78, 5) is 4.04. The van der Waals surface area contributed by atoms with Crippen molar-refractivity contribution in [2.75, 3.05) is 7.11 Å². The van der Waals surface area contributed by atoms with Crippen molar-refractivity contribution < 1.29 is 9.84 Å². The molecular formula is C15H17NO2. The number of pyridine rings is 1. The van der Waals surface area contributed by atoms with Crippen LogP contribution in [0.15, 0.2) is 48.8 Å². The number of rotatable bonds is 4. The summed E-state index contributed by atoms with van der Waals surface area (Å²) in [6, 6.07) is 11.4. The lowest BCUT2D eigenvalue weighted by Crippen LogP contribution is -2.24. The lowest BCUT2D eigenvalue weighted by Gasteiger charge is -2.23. The van der Waals surface area contributed by atoms with Crippen LogP contribution in [0.2, 0.25) is 0 Å². The molecule has 0 fully saturated rings. The van der Waals surface area contributed by atoms with Crippen LogP contribution in [-0.4, -0.2) is 17.2 Å². The van der Waals surface area contributed by atoms with Crippen LogP contribution in [0.5, 0.6) is 5.75 Å². The Kier molecular flexibility index (Phi) is 3.63. The predicted octanol–water partition coefficient (Wildman–Crippen LogP) is 2.54. The molecule has 2 aromatic rings. The van der Waals surface area contributed by atoms with Crippen LogP contribution >= 0.6 is 0 Å². The molecule has 0 spiro atoms. The van der Waals surface area contributed by atoms with Crippen molar-refractivity contribution in [3.05, 3.63) is 59.9 Å². The highest BCUT2D eigenvalue weighted by molar-refractivity contribution is 5.29. The third-order valence-electron chi connectivity index (χ3n) is 2.99. The maximum Gasteiger partial charge on any atom is 0.118 e. The van der Waals surface area contributed by atoms with E-state index in [2.05, 4.69) is 4.98 Å². The number of hydrogen-bond donors (Lipinski definition) is 1. The Morgan fingerprint density at radius 2 is 1.94 bits per heavy atom. The summed E-state index contributed by atoms with van der Waals surface area (Å²) in [5, 5.41) is 10.5. The van der Waals surface area contributed by atoms with E-state index in [1.807, 2.05) is 36.4 Å². The predicted molar refractivity (Wildman–Crippen MR) is 70.5 cm³/mol. The van der Waals surface area contributed by atoms with Crippen LogP contribution in [-0.2, 0) is 12.0 Å². The van der Waals surface area contributed by atoms with E-state index in [1.54, 1.807) is 26.4 Å². The van der Waals surface area contributed by atoms with Gasteiger partial charge in [0.1, 0.15) is 5.75 Å². The highest BCUT2D eigenvalue weighted by Crippen LogP contribution is 2.25. The first-order valence-electron chi connectivity index (χ1n) is 5.87. The maximum atomic E-state index is 10.5. The summed E-state index contributed by atoms with van der Waals surface area (Å²) < 4.78 is 5.11. The zero-order valence-corrected chi connectivity index (χ0v) is 10.6. The Morgan fingerprint density at radius 1 is 1.22 bits per heavy atom. The van der Waals surface area contributed by atoms with Gasteiger partial charge in [-0.2, -0.15) is 0 Å². The van der Waals surface area contributed by atoms with Crippen molar-refractivity contribution >= 4 is 0 Å². The van der Waals surface area contributed by atoms with Crippen molar-refractivity contribution in [1.82, 2.24) is 4.98 Å². The molecule has 1 aromatic heterocycles. The number of nitrogens with zero attached hydrogens (tertiary/aromatic N) is 1. The Morgan fingerprint density at radius 3 is 2.50 bits per heavy atom. The molecule has 18 heavy (non-hydrogen) atoms. The first-order chi connectivity index (χ1) is 8.62. The molecule has 1 heterocycles. The van der Waals surface area contributed by atoms with Crippen LogP contribution in [0.4, 0.5) is 0 Å². The van der Waals surface area contributed by atoms with Gasteiger partial charge in [-0.05, 0) is 30.7 Å². The minimum absolute atomic E-state index is 0.544. The number of aromatic nitrogens is 1. The number of aliphatic hydroxyl groups is 1. The molecule has 1 N–H and O–H groups in total. The first-order valence-corrected chi connectivity index (χ1v) is 5.87. The summed E-state index contributed by atoms with van der Waals surface area (Å²) in [7, 11) is 1.64. The van der Waals surface area contributed by atoms with Crippen molar-refractivity contribution in [3.63, 3.8) is 0 Å². The Balaban J connectivity index is 2.16. The van der Waals surface area contributed by atoms with Gasteiger partial charge in [-0.1, -0.05) is 18.2 Å². The number of methoxy groups -OCH3 is 1. The molecule has 1 unspecified atom stereocenters. The van der Waals surface area contributed by atoms with Gasteiger partial charge in [0, 0.05) is 24.4 Å². The number of ether oxygens (including phenoxy) is 1. The fourth-order valence-electron chi connectivity index (χ4n) is 1.92. The molecule has 3 heteroatoms. The molecule has 0 amide bonds. The second kappa shape index (κ2) is 5.19. The zero-order valence-electron chi connectivity index (χ0n) is 10.6. The zero-order chi connectivity index (χ0) is 13.0. The third kappa shape index (κ3) is 2.87. The maximum absolute atomic E-state index is 10.5. The number of benzene rings is 1. The highest BCUT2D eigenvalue weighted by atomic mass is 16.5. The standard InChI is InChI=1S/C15H17NO2/c1-15(17,13-4-3-9-16-11-13)10-12-5-7-14(18-2)8-6-12/h3-9,11,17H,10H2,1-2H3. The molecule has 0 bridgehead atoms. The van der Waals surface area contributed by atoms with Crippen molar-refractivity contribution in [3.8, 4) is 5.75 Å². The molecule has 2 rings (SSSR count). The molecule has 3 nitrogen and oxygen atoms in total. The van der Waals surface area contributed by atoms with E-state index in [-0.39, 0.29) is 0 Å². The Bertz CT molecular complexity index is 492. The van der Waals surface area contributed by atoms with Crippen LogP contribution in [0, 0.1) is 0 Å². The molecule has 0 radical (unpaired) electrons. The van der Waals surface area contributed by atoms with Crippen LogP contribution in [0.1, 0.15) is 18.1 Å². The second-order valence-electron chi connectivity index (χ2n) is 4.54. The summed E-state index contributed by atoms with van der Waals surface area (Å²) >= 11 is 0. The molecule has 1 atom stereocenters. The molecular weight excluding hydrogens is 226 g/mol. The van der Waals surface area contributed by atoms with Crippen LogP contribution < -0.4 is 4.74 Å². The molecule has 0 saturated heterocycles. The normalized spacial score (nSPS) is 13.9. The fourth-order valence-corrected chi connectivity index (χ4v) is 1.92. The van der Waals surface area contributed by atoms with Gasteiger partial charge < -0.3 is 9.84 Å². The lowest BCUT2D eigenvalue weighted by molar-refractivity contribution is 0.0572. The molecule has 1 aromatic carbocycles. The average Bonchev–Trinajstić information content (AvgIpc) is 2.40. The molecule has 0 aliphatic carbocycles. The van der Waals surface area contributed by atoms with Gasteiger partial charge in [-0.15, -0.1) is 0 Å². The smallest absolute Gasteiger partial charge is 0.118 e. The van der Waals surface area contributed by atoms with Gasteiger partial charge in [0.25, 0.3) is 0 Å². The van der Waals surface area contributed by atoms with E-state index in [1.165, 1.54) is 0 Å². The van der Waals surface area contributed by atoms with Gasteiger partial charge >= 0.3 is 0 Å². The quantitative estimate of drug-likeness (QED) is 0.897. The fraction of sp³-hybridized carbons (Fsp3) is 0.267. The summed E-state index contributed by atoms with van der Waals surface area (Å²) in [5.74, 6) is 0.819. The lowest BCUT2D eigenvalue weighted by atomic mass is 9.90. The van der Waals surface area contributed by atoms with Crippen LogP contribution in [0.3, 0.4) is 0 Å². The molecule has 0 aliphatic heterocycles. The largest absolute Gasteiger partial charge is 0.497 e. The van der Waals surface area contributed by atoms with Gasteiger partial charge in [0.2, 0.25) is 0 Å². The van der Waals surface area contributed by atoms with Crippen molar-refractivity contribution in [2.45, 2.75) is 18.9 Å². The van der Waals surface area contributed by atoms with Crippen molar-refractivity contribution in [1.29, 1.82) is 0 Å². The van der Waals surface area contributed by atoms with Crippen LogP contribution in [0.25, 0.3) is 0 Å². The van der Waals surface area contributed by atoms with E-state index in [0.29, 0.717) is 6.42 Å². The SMILES string of the molecule is COc1ccc(CC(C)(O)c2cccnc2)cc1. The van der Waals surface area contributed by atoms with Gasteiger partial charge in [0.05, 0.1) is 12.7 Å². The summed E-state index contributed by atoms with van der Waals surface area (Å²) in [6.45, 7) is 1.80. The Labute approximate surface area is 107 Å².